The first kappa shape index (κ1) is 19.5. The molecule has 0 unspecified atom stereocenters. The van der Waals surface area contributed by atoms with Gasteiger partial charge in [0.05, 0.1) is 0 Å². The van der Waals surface area contributed by atoms with Gasteiger partial charge in [0.1, 0.15) is 18.9 Å². The SMILES string of the molecule is CO[C@H](C)NC(=O)[C@H](Cc1ccccc1)NC(=O)OCc1ccccc1. The number of benzene rings is 2. The lowest BCUT2D eigenvalue weighted by Gasteiger charge is -2.20. The van der Waals surface area contributed by atoms with Crippen LogP contribution in [0.5, 0.6) is 0 Å². The molecule has 0 aliphatic heterocycles. The number of rotatable bonds is 8. The summed E-state index contributed by atoms with van der Waals surface area (Å²) < 4.78 is 10.3. The smallest absolute Gasteiger partial charge is 0.408 e. The number of alkyl carbamates (subject to hydrolysis) is 1. The molecule has 2 amide bonds. The van der Waals surface area contributed by atoms with Gasteiger partial charge in [-0.3, -0.25) is 4.79 Å². The number of methoxy groups -OCH3 is 1. The number of hydrogen-bond acceptors (Lipinski definition) is 4. The average Bonchev–Trinajstić information content (AvgIpc) is 2.67. The first-order valence-corrected chi connectivity index (χ1v) is 8.43. The van der Waals surface area contributed by atoms with Gasteiger partial charge in [-0.05, 0) is 18.1 Å². The molecule has 2 N–H and O–H groups in total. The molecular weight excluding hydrogens is 332 g/mol. The van der Waals surface area contributed by atoms with E-state index in [9.17, 15) is 9.59 Å². The molecule has 2 atom stereocenters. The standard InChI is InChI=1S/C20H24N2O4/c1-15(25-2)21-19(23)18(13-16-9-5-3-6-10-16)22-20(24)26-14-17-11-7-4-8-12-17/h3-12,15,18H,13-14H2,1-2H3,(H,21,23)(H,22,24)/t15-,18+/m1/s1. The molecule has 6 nitrogen and oxygen atoms in total. The Labute approximate surface area is 153 Å². The molecule has 0 radical (unpaired) electrons. The minimum absolute atomic E-state index is 0.140. The van der Waals surface area contributed by atoms with Crippen molar-refractivity contribution in [2.24, 2.45) is 0 Å². The first-order chi connectivity index (χ1) is 12.6. The van der Waals surface area contributed by atoms with Crippen LogP contribution >= 0.6 is 0 Å². The van der Waals surface area contributed by atoms with Crippen molar-refractivity contribution >= 4 is 12.0 Å². The molecule has 2 aromatic carbocycles. The fraction of sp³-hybridized carbons (Fsp3) is 0.300. The first-order valence-electron chi connectivity index (χ1n) is 8.43. The minimum atomic E-state index is -0.765. The summed E-state index contributed by atoms with van der Waals surface area (Å²) in [6.07, 6.45) is -0.748. The molecule has 6 heteroatoms. The van der Waals surface area contributed by atoms with Crippen LogP contribution in [0.1, 0.15) is 18.1 Å². The van der Waals surface area contributed by atoms with Gasteiger partial charge in [0.2, 0.25) is 5.91 Å². The summed E-state index contributed by atoms with van der Waals surface area (Å²) in [6.45, 7) is 1.85. The van der Waals surface area contributed by atoms with Crippen molar-refractivity contribution in [3.8, 4) is 0 Å². The molecular formula is C20H24N2O4. The van der Waals surface area contributed by atoms with Crippen molar-refractivity contribution in [3.63, 3.8) is 0 Å². The Kier molecular flexibility index (Phi) is 7.64. The third kappa shape index (κ3) is 6.57. The van der Waals surface area contributed by atoms with E-state index in [2.05, 4.69) is 10.6 Å². The second kappa shape index (κ2) is 10.2. The Morgan fingerprint density at radius 2 is 1.50 bits per heavy atom. The third-order valence-corrected chi connectivity index (χ3v) is 3.80. The number of carbonyl (C=O) groups is 2. The summed E-state index contributed by atoms with van der Waals surface area (Å²) in [4.78, 5) is 24.6. The number of amides is 2. The molecule has 0 saturated heterocycles. The summed E-state index contributed by atoms with van der Waals surface area (Å²) in [6, 6.07) is 18.1. The van der Waals surface area contributed by atoms with Gasteiger partial charge >= 0.3 is 6.09 Å². The molecule has 2 aromatic rings. The molecule has 0 saturated carbocycles. The van der Waals surface area contributed by atoms with E-state index in [0.29, 0.717) is 6.42 Å². The normalized spacial score (nSPS) is 12.7. The molecule has 26 heavy (non-hydrogen) atoms. The Morgan fingerprint density at radius 3 is 2.08 bits per heavy atom. The molecule has 138 valence electrons. The van der Waals surface area contributed by atoms with E-state index >= 15 is 0 Å². The topological polar surface area (TPSA) is 76.7 Å². The summed E-state index contributed by atoms with van der Waals surface area (Å²) in [5, 5.41) is 5.33. The number of ether oxygens (including phenoxy) is 2. The average molecular weight is 356 g/mol. The maximum atomic E-state index is 12.5. The van der Waals surface area contributed by atoms with Gasteiger partial charge in [0.15, 0.2) is 0 Å². The van der Waals surface area contributed by atoms with Crippen LogP contribution in [0, 0.1) is 0 Å². The Bertz CT molecular complexity index is 691. The van der Waals surface area contributed by atoms with E-state index in [1.54, 1.807) is 6.92 Å². The maximum absolute atomic E-state index is 12.5. The predicted octanol–water partition coefficient (Wildman–Crippen LogP) is 2.63. The highest BCUT2D eigenvalue weighted by molar-refractivity contribution is 5.86. The monoisotopic (exact) mass is 356 g/mol. The number of carbonyl (C=O) groups excluding carboxylic acids is 2. The molecule has 0 aromatic heterocycles. The van der Waals surface area contributed by atoms with Crippen molar-refractivity contribution in [2.45, 2.75) is 32.2 Å². The van der Waals surface area contributed by atoms with Crippen LogP contribution in [0.2, 0.25) is 0 Å². The second-order valence-electron chi connectivity index (χ2n) is 5.83. The largest absolute Gasteiger partial charge is 0.445 e. The van der Waals surface area contributed by atoms with Gasteiger partial charge in [-0.25, -0.2) is 4.79 Å². The van der Waals surface area contributed by atoms with E-state index in [1.807, 2.05) is 60.7 Å². The molecule has 0 spiro atoms. The molecule has 0 heterocycles. The minimum Gasteiger partial charge on any atom is -0.445 e. The molecule has 2 rings (SSSR count). The fourth-order valence-corrected chi connectivity index (χ4v) is 2.33. The van der Waals surface area contributed by atoms with E-state index in [-0.39, 0.29) is 12.5 Å². The van der Waals surface area contributed by atoms with Crippen LogP contribution in [-0.2, 0) is 27.3 Å². The Morgan fingerprint density at radius 1 is 0.923 bits per heavy atom. The zero-order chi connectivity index (χ0) is 18.8. The van der Waals surface area contributed by atoms with Crippen LogP contribution < -0.4 is 10.6 Å². The highest BCUT2D eigenvalue weighted by Gasteiger charge is 2.23. The van der Waals surface area contributed by atoms with Gasteiger partial charge in [0, 0.05) is 13.5 Å². The van der Waals surface area contributed by atoms with E-state index in [1.165, 1.54) is 7.11 Å². The van der Waals surface area contributed by atoms with Gasteiger partial charge in [-0.15, -0.1) is 0 Å². The van der Waals surface area contributed by atoms with E-state index in [0.717, 1.165) is 11.1 Å². The second-order valence-corrected chi connectivity index (χ2v) is 5.83. The Hall–Kier alpha value is -2.86. The van der Waals surface area contributed by atoms with Crippen LogP contribution in [0.3, 0.4) is 0 Å². The number of nitrogens with one attached hydrogen (secondary N) is 2. The van der Waals surface area contributed by atoms with Crippen molar-refractivity contribution in [3.05, 3.63) is 71.8 Å². The molecule has 0 aliphatic carbocycles. The van der Waals surface area contributed by atoms with Crippen molar-refractivity contribution in [1.82, 2.24) is 10.6 Å². The quantitative estimate of drug-likeness (QED) is 0.713. The fourth-order valence-electron chi connectivity index (χ4n) is 2.33. The number of hydrogen-bond donors (Lipinski definition) is 2. The van der Waals surface area contributed by atoms with Crippen LogP contribution in [-0.4, -0.2) is 31.4 Å². The van der Waals surface area contributed by atoms with Crippen LogP contribution in [0.4, 0.5) is 4.79 Å². The summed E-state index contributed by atoms with van der Waals surface area (Å²) >= 11 is 0. The molecule has 0 bridgehead atoms. The molecule has 0 aliphatic rings. The summed E-state index contributed by atoms with van der Waals surface area (Å²) in [5.74, 6) is -0.333. The van der Waals surface area contributed by atoms with Crippen molar-refractivity contribution < 1.29 is 19.1 Å². The lowest BCUT2D eigenvalue weighted by atomic mass is 10.1. The summed E-state index contributed by atoms with van der Waals surface area (Å²) in [5.41, 5.74) is 1.81. The zero-order valence-corrected chi connectivity index (χ0v) is 15.0. The predicted molar refractivity (Wildman–Crippen MR) is 98.3 cm³/mol. The van der Waals surface area contributed by atoms with Gasteiger partial charge in [0.25, 0.3) is 0 Å². The lowest BCUT2D eigenvalue weighted by Crippen LogP contribution is -2.50. The van der Waals surface area contributed by atoms with Gasteiger partial charge < -0.3 is 20.1 Å². The van der Waals surface area contributed by atoms with Crippen molar-refractivity contribution in [2.75, 3.05) is 7.11 Å². The highest BCUT2D eigenvalue weighted by atomic mass is 16.5. The maximum Gasteiger partial charge on any atom is 0.408 e. The van der Waals surface area contributed by atoms with E-state index < -0.39 is 18.4 Å². The third-order valence-electron chi connectivity index (χ3n) is 3.80. The lowest BCUT2D eigenvalue weighted by molar-refractivity contribution is -0.126. The summed E-state index contributed by atoms with van der Waals surface area (Å²) in [7, 11) is 1.50. The van der Waals surface area contributed by atoms with Crippen LogP contribution in [0.15, 0.2) is 60.7 Å². The van der Waals surface area contributed by atoms with Crippen LogP contribution in [0.25, 0.3) is 0 Å². The molecule has 0 fully saturated rings. The van der Waals surface area contributed by atoms with Gasteiger partial charge in [-0.2, -0.15) is 0 Å². The van der Waals surface area contributed by atoms with E-state index in [4.69, 9.17) is 9.47 Å². The van der Waals surface area contributed by atoms with Crippen molar-refractivity contribution in [1.29, 1.82) is 0 Å². The zero-order valence-electron chi connectivity index (χ0n) is 15.0. The van der Waals surface area contributed by atoms with Gasteiger partial charge in [-0.1, -0.05) is 60.7 Å². The Balaban J connectivity index is 1.97. The highest BCUT2D eigenvalue weighted by Crippen LogP contribution is 2.06.